The van der Waals surface area contributed by atoms with Crippen LogP contribution in [0.2, 0.25) is 0 Å². The molecule has 0 bridgehead atoms. The Kier molecular flexibility index (Phi) is 22.1. The van der Waals surface area contributed by atoms with Gasteiger partial charge < -0.3 is 9.47 Å². The van der Waals surface area contributed by atoms with Gasteiger partial charge in [0.25, 0.3) is 0 Å². The summed E-state index contributed by atoms with van der Waals surface area (Å²) in [5.74, 6) is -2.63. The van der Waals surface area contributed by atoms with Gasteiger partial charge in [-0.05, 0) is 38.1 Å². The normalized spacial score (nSPS) is 10.2. The molecule has 0 aliphatic carbocycles. The predicted octanol–water partition coefficient (Wildman–Crippen LogP) is 3.71. The maximum absolute atomic E-state index is 11.4. The van der Waals surface area contributed by atoms with E-state index in [-0.39, 0.29) is 80.9 Å². The first-order valence-electron chi connectivity index (χ1n) is 9.69. The molecule has 0 aliphatic heterocycles. The standard InChI is InChI=1S/2C13H12O3.K.Na.2H/c2*1-2-3-5-10-12(14)16-13(15)11-8-6-4-7-9-11;;;;/h2*2-10H,1H3;;;;/b2*3-2+,10-5+;;;;. The summed E-state index contributed by atoms with van der Waals surface area (Å²) in [6.07, 6.45) is 12.3. The van der Waals surface area contributed by atoms with Crippen LogP contribution in [0.3, 0.4) is 0 Å². The molecule has 2 aromatic rings. The van der Waals surface area contributed by atoms with E-state index in [1.807, 2.05) is 13.8 Å². The van der Waals surface area contributed by atoms with Gasteiger partial charge in [-0.25, -0.2) is 19.2 Å². The van der Waals surface area contributed by atoms with Crippen molar-refractivity contribution in [2.75, 3.05) is 0 Å². The Morgan fingerprint density at radius 3 is 1.21 bits per heavy atom. The summed E-state index contributed by atoms with van der Waals surface area (Å²) in [6, 6.07) is 16.7. The van der Waals surface area contributed by atoms with Crippen molar-refractivity contribution in [3.05, 3.63) is 120 Å². The number of hydrogen-bond donors (Lipinski definition) is 0. The number of carbonyl (C=O) groups excluding carboxylic acids is 4. The molecule has 2 rings (SSSR count). The van der Waals surface area contributed by atoms with E-state index in [2.05, 4.69) is 9.47 Å². The van der Waals surface area contributed by atoms with E-state index in [0.717, 1.165) is 0 Å². The monoisotopic (exact) mass is 496 g/mol. The molecule has 0 unspecified atom stereocenters. The minimum atomic E-state index is -0.674. The zero-order chi connectivity index (χ0) is 23.6. The van der Waals surface area contributed by atoms with Gasteiger partial charge >= 0.3 is 105 Å². The van der Waals surface area contributed by atoms with Gasteiger partial charge in [-0.2, -0.15) is 0 Å². The molecule has 34 heavy (non-hydrogen) atoms. The van der Waals surface area contributed by atoms with Gasteiger partial charge in [0.05, 0.1) is 11.1 Å². The van der Waals surface area contributed by atoms with Crippen molar-refractivity contribution < 1.29 is 28.7 Å². The summed E-state index contributed by atoms with van der Waals surface area (Å²) < 4.78 is 9.17. The van der Waals surface area contributed by atoms with Crippen LogP contribution in [0.1, 0.15) is 34.6 Å². The summed E-state index contributed by atoms with van der Waals surface area (Å²) in [5, 5.41) is 0. The zero-order valence-corrected chi connectivity index (χ0v) is 17.8. The van der Waals surface area contributed by atoms with Crippen LogP contribution in [0.5, 0.6) is 0 Å². The van der Waals surface area contributed by atoms with Gasteiger partial charge in [-0.3, -0.25) is 0 Å². The van der Waals surface area contributed by atoms with Crippen molar-refractivity contribution in [3.63, 3.8) is 0 Å². The Morgan fingerprint density at radius 1 is 0.588 bits per heavy atom. The van der Waals surface area contributed by atoms with Crippen molar-refractivity contribution in [2.24, 2.45) is 0 Å². The van der Waals surface area contributed by atoms with E-state index in [4.69, 9.17) is 0 Å². The fraction of sp³-hybridized carbons (Fsp3) is 0.0769. The molecule has 0 fully saturated rings. The SMILES string of the molecule is C/C=C/C=C/C(=O)OC(=O)c1ccccc1.C/C=C/C=C/C(=O)OC(=O)c1ccccc1.[KH].[NaH]. The fourth-order valence-corrected chi connectivity index (χ4v) is 2.01. The van der Waals surface area contributed by atoms with E-state index in [9.17, 15) is 19.2 Å². The molecular weight excluding hydrogens is 470 g/mol. The van der Waals surface area contributed by atoms with Crippen molar-refractivity contribution in [1.29, 1.82) is 0 Å². The summed E-state index contributed by atoms with van der Waals surface area (Å²) in [5.41, 5.74) is 0.713. The molecule has 0 spiro atoms. The Hall–Kier alpha value is -1.68. The number of carbonyl (C=O) groups is 4. The van der Waals surface area contributed by atoms with Gasteiger partial charge in [-0.1, -0.05) is 72.9 Å². The predicted molar refractivity (Wildman–Crippen MR) is 136 cm³/mol. The molecule has 168 valence electrons. The van der Waals surface area contributed by atoms with Crippen LogP contribution in [0.15, 0.2) is 109 Å². The van der Waals surface area contributed by atoms with Gasteiger partial charge in [0.15, 0.2) is 0 Å². The molecular formula is C26H26KNaO6. The number of esters is 4. The second kappa shape index (κ2) is 21.8. The van der Waals surface area contributed by atoms with Gasteiger partial charge in [0, 0.05) is 12.2 Å². The maximum atomic E-state index is 11.4. The van der Waals surface area contributed by atoms with E-state index in [0.29, 0.717) is 11.1 Å². The second-order valence-corrected chi connectivity index (χ2v) is 5.92. The van der Waals surface area contributed by atoms with E-state index >= 15 is 0 Å². The average Bonchev–Trinajstić information content (AvgIpc) is 2.81. The van der Waals surface area contributed by atoms with Crippen LogP contribution < -0.4 is 0 Å². The Bertz CT molecular complexity index is 929. The molecule has 0 saturated carbocycles. The van der Waals surface area contributed by atoms with Crippen molar-refractivity contribution in [1.82, 2.24) is 0 Å². The number of hydrogen-bond acceptors (Lipinski definition) is 6. The number of allylic oxidation sites excluding steroid dienone is 6. The number of ether oxygens (including phenoxy) is 2. The first kappa shape index (κ1) is 34.5. The zero-order valence-electron chi connectivity index (χ0n) is 17.8. The summed E-state index contributed by atoms with van der Waals surface area (Å²) in [4.78, 5) is 45.1. The first-order chi connectivity index (χ1) is 15.5. The molecule has 0 aliphatic rings. The molecule has 0 aromatic heterocycles. The molecule has 6 nitrogen and oxygen atoms in total. The molecule has 8 heteroatoms. The molecule has 0 saturated heterocycles. The van der Waals surface area contributed by atoms with E-state index in [1.165, 1.54) is 24.3 Å². The van der Waals surface area contributed by atoms with E-state index < -0.39 is 23.9 Å². The van der Waals surface area contributed by atoms with Crippen LogP contribution in [0.25, 0.3) is 0 Å². The van der Waals surface area contributed by atoms with Crippen molar-refractivity contribution in [3.8, 4) is 0 Å². The van der Waals surface area contributed by atoms with Crippen LogP contribution >= 0.6 is 0 Å². The quantitative estimate of drug-likeness (QED) is 0.199. The topological polar surface area (TPSA) is 86.7 Å². The van der Waals surface area contributed by atoms with Gasteiger partial charge in [-0.15, -0.1) is 0 Å². The van der Waals surface area contributed by atoms with Crippen LogP contribution in [0, 0.1) is 0 Å². The molecule has 0 heterocycles. The van der Waals surface area contributed by atoms with Gasteiger partial charge in [0.2, 0.25) is 0 Å². The van der Waals surface area contributed by atoms with Gasteiger partial charge in [0.1, 0.15) is 0 Å². The summed E-state index contributed by atoms with van der Waals surface area (Å²) in [7, 11) is 0. The Morgan fingerprint density at radius 2 is 0.912 bits per heavy atom. The third-order valence-corrected chi connectivity index (χ3v) is 3.48. The molecule has 0 amide bonds. The van der Waals surface area contributed by atoms with Crippen molar-refractivity contribution >= 4 is 105 Å². The summed E-state index contributed by atoms with van der Waals surface area (Å²) in [6.45, 7) is 3.65. The third-order valence-electron chi connectivity index (χ3n) is 3.48. The molecule has 0 N–H and O–H groups in total. The molecule has 0 radical (unpaired) electrons. The second-order valence-electron chi connectivity index (χ2n) is 5.92. The average molecular weight is 497 g/mol. The molecule has 0 atom stereocenters. The van der Waals surface area contributed by atoms with Crippen molar-refractivity contribution in [2.45, 2.75) is 13.8 Å². The Labute approximate surface area is 264 Å². The molecule has 2 aromatic carbocycles. The van der Waals surface area contributed by atoms with Crippen LogP contribution in [-0.2, 0) is 19.1 Å². The fourth-order valence-electron chi connectivity index (χ4n) is 2.01. The van der Waals surface area contributed by atoms with Crippen LogP contribution in [0.4, 0.5) is 0 Å². The minimum absolute atomic E-state index is 0. The summed E-state index contributed by atoms with van der Waals surface area (Å²) >= 11 is 0. The third kappa shape index (κ3) is 16.0. The number of benzene rings is 2. The van der Waals surface area contributed by atoms with Crippen LogP contribution in [-0.4, -0.2) is 105 Å². The first-order valence-corrected chi connectivity index (χ1v) is 9.69. The Balaban J connectivity index is 0. The van der Waals surface area contributed by atoms with E-state index in [1.54, 1.807) is 85.0 Å². The number of rotatable bonds is 6.